The molecule has 3 rings (SSSR count). The monoisotopic (exact) mass is 499 g/mol. The van der Waals surface area contributed by atoms with Gasteiger partial charge in [-0.25, -0.2) is 4.98 Å². The minimum absolute atomic E-state index is 0.0538. The first-order valence-corrected chi connectivity index (χ1v) is 10.8. The maximum Gasteiger partial charge on any atom is 0.225 e. The predicted octanol–water partition coefficient (Wildman–Crippen LogP) is 5.65. The molecule has 6 heteroatoms. The molecule has 1 heterocycles. The number of benzene rings is 2. The Bertz CT molecular complexity index is 1010. The van der Waals surface area contributed by atoms with Crippen molar-refractivity contribution >= 4 is 45.9 Å². The Morgan fingerprint density at radius 3 is 2.50 bits per heavy atom. The van der Waals surface area contributed by atoms with Crippen molar-refractivity contribution in [2.75, 3.05) is 11.1 Å². The molecule has 0 aliphatic heterocycles. The molecule has 0 saturated carbocycles. The highest BCUT2D eigenvalue weighted by atomic mass is 127. The van der Waals surface area contributed by atoms with Gasteiger partial charge in [-0.15, -0.1) is 11.8 Å². The van der Waals surface area contributed by atoms with E-state index in [0.717, 1.165) is 20.5 Å². The Balaban J connectivity index is 1.63. The molecule has 1 amide bonds. The Morgan fingerprint density at radius 2 is 1.82 bits per heavy atom. The quantitative estimate of drug-likeness (QED) is 0.352. The van der Waals surface area contributed by atoms with Gasteiger partial charge < -0.3 is 5.32 Å². The van der Waals surface area contributed by atoms with Crippen LogP contribution in [-0.2, 0) is 4.79 Å². The van der Waals surface area contributed by atoms with Crippen LogP contribution in [0.3, 0.4) is 0 Å². The number of aromatic nitrogens is 1. The molecule has 1 N–H and O–H groups in total. The summed E-state index contributed by atoms with van der Waals surface area (Å²) >= 11 is 3.65. The normalized spacial score (nSPS) is 10.3. The van der Waals surface area contributed by atoms with Crippen LogP contribution in [0.4, 0.5) is 5.69 Å². The van der Waals surface area contributed by atoms with Gasteiger partial charge in [-0.05, 0) is 65.9 Å². The minimum atomic E-state index is -0.0538. The summed E-state index contributed by atoms with van der Waals surface area (Å²) in [5.74, 6) is 0.497. The number of nitriles is 1. The average molecular weight is 499 g/mol. The molecular formula is C22H18IN3OS. The van der Waals surface area contributed by atoms with E-state index in [4.69, 9.17) is 0 Å². The number of carbonyl (C=O) groups is 1. The van der Waals surface area contributed by atoms with E-state index in [1.54, 1.807) is 6.07 Å². The molecule has 1 aromatic heterocycles. The van der Waals surface area contributed by atoms with Crippen LogP contribution in [0.25, 0.3) is 11.3 Å². The molecule has 0 bridgehead atoms. The number of halogens is 1. The first-order valence-electron chi connectivity index (χ1n) is 8.71. The van der Waals surface area contributed by atoms with Crippen molar-refractivity contribution in [1.29, 1.82) is 5.26 Å². The number of anilines is 1. The molecule has 0 spiro atoms. The predicted molar refractivity (Wildman–Crippen MR) is 122 cm³/mol. The lowest BCUT2D eigenvalue weighted by molar-refractivity contribution is -0.115. The number of nitrogens with one attached hydrogen (secondary N) is 1. The highest BCUT2D eigenvalue weighted by Crippen LogP contribution is 2.26. The van der Waals surface area contributed by atoms with Gasteiger partial charge in [0.15, 0.2) is 0 Å². The van der Waals surface area contributed by atoms with Gasteiger partial charge in [-0.2, -0.15) is 5.26 Å². The number of nitrogens with zero attached hydrogens (tertiary/aromatic N) is 2. The lowest BCUT2D eigenvalue weighted by Crippen LogP contribution is -2.12. The molecule has 0 fully saturated rings. The third-order valence-corrected chi connectivity index (χ3v) is 5.74. The maximum absolute atomic E-state index is 12.2. The van der Waals surface area contributed by atoms with Crippen LogP contribution in [0, 0.1) is 21.8 Å². The fourth-order valence-corrected chi connectivity index (χ4v) is 3.79. The van der Waals surface area contributed by atoms with Gasteiger partial charge in [0.1, 0.15) is 11.1 Å². The second-order valence-corrected chi connectivity index (χ2v) is 8.51. The van der Waals surface area contributed by atoms with Gasteiger partial charge in [-0.3, -0.25) is 4.79 Å². The van der Waals surface area contributed by atoms with Gasteiger partial charge in [-0.1, -0.05) is 29.8 Å². The molecule has 0 aliphatic carbocycles. The zero-order valence-corrected chi connectivity index (χ0v) is 18.3. The lowest BCUT2D eigenvalue weighted by Gasteiger charge is -2.08. The molecule has 4 nitrogen and oxygen atoms in total. The van der Waals surface area contributed by atoms with Crippen LogP contribution >= 0.6 is 34.4 Å². The van der Waals surface area contributed by atoms with Crippen LogP contribution < -0.4 is 5.32 Å². The zero-order chi connectivity index (χ0) is 19.9. The minimum Gasteiger partial charge on any atom is -0.326 e. The fourth-order valence-electron chi connectivity index (χ4n) is 2.52. The second-order valence-electron chi connectivity index (χ2n) is 6.18. The third kappa shape index (κ3) is 5.57. The SMILES string of the molecule is Cc1ccc(-c2ccc(C#N)c(SCCC(=O)Nc3ccc(I)cc3)n2)cc1. The standard InChI is InChI=1S/C22H18IN3OS/c1-15-2-4-16(5-3-15)20-11-6-17(14-24)22(26-20)28-13-12-21(27)25-19-9-7-18(23)8-10-19/h2-11H,12-13H2,1H3,(H,25,27). The first kappa shape index (κ1) is 20.4. The summed E-state index contributed by atoms with van der Waals surface area (Å²) in [4.78, 5) is 16.8. The van der Waals surface area contributed by atoms with E-state index in [2.05, 4.69) is 39.0 Å². The van der Waals surface area contributed by atoms with Gasteiger partial charge in [0.2, 0.25) is 5.91 Å². The van der Waals surface area contributed by atoms with Crippen molar-refractivity contribution in [1.82, 2.24) is 4.98 Å². The van der Waals surface area contributed by atoms with E-state index < -0.39 is 0 Å². The molecular weight excluding hydrogens is 481 g/mol. The highest BCUT2D eigenvalue weighted by molar-refractivity contribution is 14.1. The third-order valence-electron chi connectivity index (χ3n) is 4.02. The summed E-state index contributed by atoms with van der Waals surface area (Å²) < 4.78 is 1.12. The number of pyridine rings is 1. The van der Waals surface area contributed by atoms with E-state index in [9.17, 15) is 10.1 Å². The molecule has 0 saturated heterocycles. The molecule has 28 heavy (non-hydrogen) atoms. The molecule has 0 aliphatic rings. The Labute approximate surface area is 182 Å². The Morgan fingerprint density at radius 1 is 1.11 bits per heavy atom. The molecule has 0 unspecified atom stereocenters. The number of rotatable bonds is 6. The second kappa shape index (κ2) is 9.71. The Kier molecular flexibility index (Phi) is 7.06. The smallest absolute Gasteiger partial charge is 0.225 e. The number of hydrogen-bond acceptors (Lipinski definition) is 4. The number of hydrogen-bond donors (Lipinski definition) is 1. The number of amides is 1. The summed E-state index contributed by atoms with van der Waals surface area (Å²) in [6, 6.07) is 21.6. The maximum atomic E-state index is 12.2. The van der Waals surface area contributed by atoms with E-state index >= 15 is 0 Å². The number of carbonyl (C=O) groups excluding carboxylic acids is 1. The van der Waals surface area contributed by atoms with Crippen molar-refractivity contribution in [2.45, 2.75) is 18.4 Å². The number of thioether (sulfide) groups is 1. The number of aryl methyl sites for hydroxylation is 1. The molecule has 2 aromatic carbocycles. The van der Waals surface area contributed by atoms with E-state index in [0.29, 0.717) is 22.8 Å². The van der Waals surface area contributed by atoms with E-state index in [1.807, 2.05) is 61.5 Å². The van der Waals surface area contributed by atoms with Crippen LogP contribution in [0.5, 0.6) is 0 Å². The summed E-state index contributed by atoms with van der Waals surface area (Å²) in [5, 5.41) is 12.9. The largest absolute Gasteiger partial charge is 0.326 e. The highest BCUT2D eigenvalue weighted by Gasteiger charge is 2.10. The Hall–Kier alpha value is -2.37. The van der Waals surface area contributed by atoms with Gasteiger partial charge in [0.05, 0.1) is 11.3 Å². The summed E-state index contributed by atoms with van der Waals surface area (Å²) in [6.45, 7) is 2.04. The van der Waals surface area contributed by atoms with Gasteiger partial charge >= 0.3 is 0 Å². The lowest BCUT2D eigenvalue weighted by atomic mass is 10.1. The summed E-state index contributed by atoms with van der Waals surface area (Å²) in [5.41, 5.74) is 4.33. The van der Waals surface area contributed by atoms with Crippen molar-refractivity contribution < 1.29 is 4.79 Å². The van der Waals surface area contributed by atoms with E-state index in [-0.39, 0.29) is 5.91 Å². The van der Waals surface area contributed by atoms with Crippen LogP contribution in [0.2, 0.25) is 0 Å². The molecule has 0 atom stereocenters. The zero-order valence-electron chi connectivity index (χ0n) is 15.3. The van der Waals surface area contributed by atoms with Gasteiger partial charge in [0, 0.05) is 27.0 Å². The summed E-state index contributed by atoms with van der Waals surface area (Å²) in [6.07, 6.45) is 0.345. The van der Waals surface area contributed by atoms with Crippen LogP contribution in [0.1, 0.15) is 17.5 Å². The fraction of sp³-hybridized carbons (Fsp3) is 0.136. The van der Waals surface area contributed by atoms with Crippen molar-refractivity contribution in [3.8, 4) is 17.3 Å². The molecule has 140 valence electrons. The summed E-state index contributed by atoms with van der Waals surface area (Å²) in [7, 11) is 0. The van der Waals surface area contributed by atoms with Crippen molar-refractivity contribution in [3.05, 3.63) is 75.4 Å². The van der Waals surface area contributed by atoms with Gasteiger partial charge in [0.25, 0.3) is 0 Å². The van der Waals surface area contributed by atoms with Crippen molar-refractivity contribution in [3.63, 3.8) is 0 Å². The first-order chi connectivity index (χ1) is 13.5. The van der Waals surface area contributed by atoms with Crippen molar-refractivity contribution in [2.24, 2.45) is 0 Å². The molecule has 3 aromatic rings. The van der Waals surface area contributed by atoms with Crippen LogP contribution in [-0.4, -0.2) is 16.6 Å². The molecule has 0 radical (unpaired) electrons. The van der Waals surface area contributed by atoms with Crippen LogP contribution in [0.15, 0.2) is 65.7 Å². The van der Waals surface area contributed by atoms with E-state index in [1.165, 1.54) is 17.3 Å². The topological polar surface area (TPSA) is 65.8 Å². The average Bonchev–Trinajstić information content (AvgIpc) is 2.70.